The number of carbonyl (C=O) groups excluding carboxylic acids is 1. The average Bonchev–Trinajstić information content (AvgIpc) is 3.31. The fourth-order valence-electron chi connectivity index (χ4n) is 3.59. The minimum Gasteiger partial charge on any atom is -0.381 e. The average molecular weight is 388 g/mol. The van der Waals surface area contributed by atoms with Gasteiger partial charge in [-0.1, -0.05) is 0 Å². The summed E-state index contributed by atoms with van der Waals surface area (Å²) >= 11 is 0. The largest absolute Gasteiger partial charge is 0.381 e. The number of aromatic amines is 1. The molecule has 3 aromatic rings. The highest BCUT2D eigenvalue weighted by molar-refractivity contribution is 5.91. The Labute approximate surface area is 159 Å². The number of hydrogen-bond donors (Lipinski definition) is 2. The van der Waals surface area contributed by atoms with Crippen molar-refractivity contribution in [3.8, 4) is 11.3 Å². The molecule has 2 aromatic carbocycles. The lowest BCUT2D eigenvalue weighted by atomic mass is 10.0. The molecular weight excluding hydrogens is 369 g/mol. The number of carbonyl (C=O) groups is 1. The van der Waals surface area contributed by atoms with Crippen LogP contribution in [0.1, 0.15) is 12.0 Å². The molecule has 1 aliphatic heterocycles. The molecule has 1 fully saturated rings. The van der Waals surface area contributed by atoms with Crippen LogP contribution >= 0.6 is 0 Å². The lowest BCUT2D eigenvalue weighted by molar-refractivity contribution is -0.124. The van der Waals surface area contributed by atoms with Crippen molar-refractivity contribution in [2.45, 2.75) is 12.8 Å². The lowest BCUT2D eigenvalue weighted by Gasteiger charge is -2.10. The molecule has 1 aliphatic rings. The third kappa shape index (κ3) is 3.62. The van der Waals surface area contributed by atoms with Crippen LogP contribution in [0.3, 0.4) is 0 Å². The normalized spacial score (nSPS) is 16.6. The van der Waals surface area contributed by atoms with Gasteiger partial charge in [-0.15, -0.1) is 0 Å². The minimum absolute atomic E-state index is 0.0852. The van der Waals surface area contributed by atoms with Crippen LogP contribution in [0.15, 0.2) is 36.4 Å². The van der Waals surface area contributed by atoms with Crippen molar-refractivity contribution in [3.63, 3.8) is 0 Å². The Bertz CT molecular complexity index is 1010. The van der Waals surface area contributed by atoms with E-state index in [4.69, 9.17) is 4.74 Å². The van der Waals surface area contributed by atoms with Gasteiger partial charge in [-0.2, -0.15) is 0 Å². The molecular formula is C21H19F3N2O2. The maximum Gasteiger partial charge on any atom is 0.225 e. The summed E-state index contributed by atoms with van der Waals surface area (Å²) in [6.45, 7) is 1.30. The summed E-state index contributed by atoms with van der Waals surface area (Å²) in [5.74, 6) is -2.00. The maximum absolute atomic E-state index is 14.3. The van der Waals surface area contributed by atoms with Gasteiger partial charge in [0.15, 0.2) is 0 Å². The molecule has 2 N–H and O–H groups in total. The number of aromatic nitrogens is 1. The summed E-state index contributed by atoms with van der Waals surface area (Å²) in [6.07, 6.45) is 1.06. The lowest BCUT2D eigenvalue weighted by Crippen LogP contribution is -2.32. The molecule has 0 bridgehead atoms. The van der Waals surface area contributed by atoms with E-state index in [-0.39, 0.29) is 23.2 Å². The fourth-order valence-corrected chi connectivity index (χ4v) is 3.59. The Morgan fingerprint density at radius 2 is 1.93 bits per heavy atom. The van der Waals surface area contributed by atoms with Gasteiger partial charge in [-0.05, 0) is 54.3 Å². The summed E-state index contributed by atoms with van der Waals surface area (Å²) in [4.78, 5) is 15.2. The van der Waals surface area contributed by atoms with Gasteiger partial charge >= 0.3 is 0 Å². The number of amides is 1. The van der Waals surface area contributed by atoms with Gasteiger partial charge in [-0.3, -0.25) is 4.79 Å². The summed E-state index contributed by atoms with van der Waals surface area (Å²) in [5.41, 5.74) is 2.09. The second kappa shape index (κ2) is 7.67. The van der Waals surface area contributed by atoms with Gasteiger partial charge in [0.25, 0.3) is 0 Å². The number of nitrogens with one attached hydrogen (secondary N) is 2. The van der Waals surface area contributed by atoms with Crippen LogP contribution in [0.25, 0.3) is 22.2 Å². The monoisotopic (exact) mass is 388 g/mol. The van der Waals surface area contributed by atoms with Crippen LogP contribution < -0.4 is 5.32 Å². The Morgan fingerprint density at radius 1 is 1.14 bits per heavy atom. The van der Waals surface area contributed by atoms with Crippen LogP contribution in [0, 0.1) is 23.4 Å². The Kier molecular flexibility index (Phi) is 5.09. The Balaban J connectivity index is 1.65. The summed E-state index contributed by atoms with van der Waals surface area (Å²) < 4.78 is 46.6. The number of benzene rings is 2. The van der Waals surface area contributed by atoms with Crippen molar-refractivity contribution in [1.29, 1.82) is 0 Å². The molecule has 1 aromatic heterocycles. The van der Waals surface area contributed by atoms with E-state index in [2.05, 4.69) is 10.3 Å². The highest BCUT2D eigenvalue weighted by Crippen LogP contribution is 2.32. The third-order valence-corrected chi connectivity index (χ3v) is 5.04. The zero-order valence-electron chi connectivity index (χ0n) is 15.0. The summed E-state index contributed by atoms with van der Waals surface area (Å²) in [7, 11) is 0. The first-order valence-electron chi connectivity index (χ1n) is 9.14. The van der Waals surface area contributed by atoms with Crippen LogP contribution in [0.4, 0.5) is 13.2 Å². The number of fused-ring (bicyclic) bond motifs is 1. The second-order valence-electron chi connectivity index (χ2n) is 6.90. The maximum atomic E-state index is 14.3. The van der Waals surface area contributed by atoms with Crippen molar-refractivity contribution in [1.82, 2.24) is 10.3 Å². The first-order chi connectivity index (χ1) is 13.5. The van der Waals surface area contributed by atoms with Crippen LogP contribution in [0.5, 0.6) is 0 Å². The van der Waals surface area contributed by atoms with Gasteiger partial charge in [-0.25, -0.2) is 13.2 Å². The first kappa shape index (κ1) is 18.6. The van der Waals surface area contributed by atoms with Crippen LogP contribution in [-0.4, -0.2) is 30.6 Å². The number of hydrogen-bond acceptors (Lipinski definition) is 2. The first-order valence-corrected chi connectivity index (χ1v) is 9.14. The van der Waals surface area contributed by atoms with E-state index in [0.29, 0.717) is 54.8 Å². The summed E-state index contributed by atoms with van der Waals surface area (Å²) in [5, 5.41) is 3.28. The zero-order chi connectivity index (χ0) is 19.7. The Morgan fingerprint density at radius 3 is 2.64 bits per heavy atom. The number of halogens is 3. The standard InChI is InChI=1S/C21H19F3N2O2/c22-14-3-1-12(2-4-14)19-16(5-7-25-21(27)13-6-8-28-11-13)17-9-15(23)10-18(24)20(17)26-19/h1-4,9-10,13,26H,5-8,11H2,(H,25,27)/t13-/m0/s1. The van der Waals surface area contributed by atoms with E-state index < -0.39 is 11.6 Å². The fraction of sp³-hybridized carbons (Fsp3) is 0.286. The van der Waals surface area contributed by atoms with Crippen molar-refractivity contribution in [2.24, 2.45) is 5.92 Å². The van der Waals surface area contributed by atoms with Crippen molar-refractivity contribution >= 4 is 16.8 Å². The predicted octanol–water partition coefficient (Wildman–Crippen LogP) is 3.95. The van der Waals surface area contributed by atoms with Crippen molar-refractivity contribution < 1.29 is 22.7 Å². The molecule has 28 heavy (non-hydrogen) atoms. The molecule has 0 spiro atoms. The van der Waals surface area contributed by atoms with Gasteiger partial charge in [0, 0.05) is 30.3 Å². The molecule has 4 rings (SSSR count). The topological polar surface area (TPSA) is 54.1 Å². The van der Waals surface area contributed by atoms with Crippen molar-refractivity contribution in [2.75, 3.05) is 19.8 Å². The predicted molar refractivity (Wildman–Crippen MR) is 99.2 cm³/mol. The van der Waals surface area contributed by atoms with E-state index in [0.717, 1.165) is 6.07 Å². The van der Waals surface area contributed by atoms with E-state index >= 15 is 0 Å². The minimum atomic E-state index is -0.697. The van der Waals surface area contributed by atoms with E-state index in [1.54, 1.807) is 12.1 Å². The van der Waals surface area contributed by atoms with Crippen LogP contribution in [-0.2, 0) is 16.0 Å². The molecule has 1 amide bonds. The number of ether oxygens (including phenoxy) is 1. The second-order valence-corrected chi connectivity index (χ2v) is 6.90. The summed E-state index contributed by atoms with van der Waals surface area (Å²) in [6, 6.07) is 7.86. The highest BCUT2D eigenvalue weighted by Gasteiger charge is 2.23. The van der Waals surface area contributed by atoms with E-state index in [9.17, 15) is 18.0 Å². The van der Waals surface area contributed by atoms with Crippen molar-refractivity contribution in [3.05, 3.63) is 59.4 Å². The van der Waals surface area contributed by atoms with E-state index in [1.165, 1.54) is 18.2 Å². The van der Waals surface area contributed by atoms with Gasteiger partial charge < -0.3 is 15.0 Å². The third-order valence-electron chi connectivity index (χ3n) is 5.04. The molecule has 2 heterocycles. The number of H-pyrrole nitrogens is 1. The highest BCUT2D eigenvalue weighted by atomic mass is 19.1. The SMILES string of the molecule is O=C(NCCc1c(-c2ccc(F)cc2)[nH]c2c(F)cc(F)cc12)[C@H]1CCOC1. The zero-order valence-corrected chi connectivity index (χ0v) is 15.0. The Hall–Kier alpha value is -2.80. The quantitative estimate of drug-likeness (QED) is 0.696. The van der Waals surface area contributed by atoms with Gasteiger partial charge in [0.2, 0.25) is 5.91 Å². The molecule has 0 saturated carbocycles. The van der Waals surface area contributed by atoms with Gasteiger partial charge in [0.05, 0.1) is 18.0 Å². The number of rotatable bonds is 5. The molecule has 146 valence electrons. The molecule has 1 atom stereocenters. The molecule has 1 saturated heterocycles. The smallest absolute Gasteiger partial charge is 0.225 e. The van der Waals surface area contributed by atoms with Gasteiger partial charge in [0.1, 0.15) is 17.5 Å². The van der Waals surface area contributed by atoms with Crippen LogP contribution in [0.2, 0.25) is 0 Å². The molecule has 0 unspecified atom stereocenters. The molecule has 4 nitrogen and oxygen atoms in total. The molecule has 0 aliphatic carbocycles. The molecule has 7 heteroatoms. The molecule has 0 radical (unpaired) electrons. The van der Waals surface area contributed by atoms with E-state index in [1.807, 2.05) is 0 Å².